The lowest BCUT2D eigenvalue weighted by atomic mass is 10.1. The molecule has 1 aromatic rings. The van der Waals surface area contributed by atoms with Crippen LogP contribution < -0.4 is 10.6 Å². The SMILES string of the molecule is CC(CCS(C)=O)NC(=O)Nc1ccccc1CC(=O)O. The number of rotatable bonds is 7. The summed E-state index contributed by atoms with van der Waals surface area (Å²) in [6.07, 6.45) is 2.09. The molecule has 2 unspecified atom stereocenters. The molecule has 0 saturated carbocycles. The van der Waals surface area contributed by atoms with Crippen LogP contribution in [0.5, 0.6) is 0 Å². The van der Waals surface area contributed by atoms with Gasteiger partial charge in [0.1, 0.15) is 0 Å². The summed E-state index contributed by atoms with van der Waals surface area (Å²) in [7, 11) is -0.886. The molecule has 0 fully saturated rings. The molecule has 0 saturated heterocycles. The smallest absolute Gasteiger partial charge is 0.319 e. The Morgan fingerprint density at radius 1 is 1.33 bits per heavy atom. The minimum atomic E-state index is -0.955. The summed E-state index contributed by atoms with van der Waals surface area (Å²) in [5.41, 5.74) is 1.02. The van der Waals surface area contributed by atoms with Gasteiger partial charge in [-0.1, -0.05) is 18.2 Å². The van der Waals surface area contributed by atoms with E-state index in [-0.39, 0.29) is 12.5 Å². The van der Waals surface area contributed by atoms with Gasteiger partial charge in [0.25, 0.3) is 0 Å². The molecule has 0 aromatic heterocycles. The fourth-order valence-corrected chi connectivity index (χ4v) is 2.44. The number of hydrogen-bond donors (Lipinski definition) is 3. The summed E-state index contributed by atoms with van der Waals surface area (Å²) in [6, 6.07) is 6.25. The molecule has 0 spiro atoms. The number of nitrogens with one attached hydrogen (secondary N) is 2. The molecule has 0 aliphatic heterocycles. The van der Waals surface area contributed by atoms with Gasteiger partial charge in [-0.15, -0.1) is 0 Å². The maximum absolute atomic E-state index is 11.9. The molecule has 2 amide bonds. The molecule has 0 bridgehead atoms. The van der Waals surface area contributed by atoms with Crippen molar-refractivity contribution in [2.24, 2.45) is 0 Å². The van der Waals surface area contributed by atoms with Gasteiger partial charge in [0.2, 0.25) is 0 Å². The molecule has 1 aromatic carbocycles. The van der Waals surface area contributed by atoms with Crippen molar-refractivity contribution >= 4 is 28.5 Å². The van der Waals surface area contributed by atoms with Crippen LogP contribution in [0, 0.1) is 0 Å². The van der Waals surface area contributed by atoms with Gasteiger partial charge in [-0.25, -0.2) is 4.79 Å². The Bertz CT molecular complexity index is 533. The van der Waals surface area contributed by atoms with E-state index in [1.807, 2.05) is 6.92 Å². The monoisotopic (exact) mass is 312 g/mol. The second-order valence-corrected chi connectivity index (χ2v) is 6.35. The average molecular weight is 312 g/mol. The molecule has 116 valence electrons. The molecule has 0 heterocycles. The van der Waals surface area contributed by atoms with Gasteiger partial charge in [0.15, 0.2) is 0 Å². The number of carboxylic acid groups (broad SMARTS) is 1. The summed E-state index contributed by atoms with van der Waals surface area (Å²) in [5, 5.41) is 14.2. The van der Waals surface area contributed by atoms with E-state index in [1.165, 1.54) is 0 Å². The number of para-hydroxylation sites is 1. The molecule has 21 heavy (non-hydrogen) atoms. The number of carbonyl (C=O) groups is 2. The molecule has 2 atom stereocenters. The van der Waals surface area contributed by atoms with Crippen LogP contribution in [-0.2, 0) is 22.0 Å². The van der Waals surface area contributed by atoms with E-state index in [9.17, 15) is 13.8 Å². The molecule has 1 rings (SSSR count). The highest BCUT2D eigenvalue weighted by atomic mass is 32.2. The Morgan fingerprint density at radius 3 is 2.62 bits per heavy atom. The van der Waals surface area contributed by atoms with Crippen LogP contribution in [0.1, 0.15) is 18.9 Å². The third-order valence-electron chi connectivity index (χ3n) is 2.82. The number of hydrogen-bond acceptors (Lipinski definition) is 3. The van der Waals surface area contributed by atoms with Crippen LogP contribution in [0.25, 0.3) is 0 Å². The van der Waals surface area contributed by atoms with Crippen molar-refractivity contribution in [3.05, 3.63) is 29.8 Å². The van der Waals surface area contributed by atoms with Crippen LogP contribution in [-0.4, -0.2) is 39.4 Å². The predicted molar refractivity (Wildman–Crippen MR) is 82.9 cm³/mol. The zero-order valence-electron chi connectivity index (χ0n) is 12.1. The molecule has 3 N–H and O–H groups in total. The highest BCUT2D eigenvalue weighted by molar-refractivity contribution is 7.84. The van der Waals surface area contributed by atoms with E-state index in [2.05, 4.69) is 10.6 Å². The van der Waals surface area contributed by atoms with Gasteiger partial charge in [-0.05, 0) is 25.0 Å². The van der Waals surface area contributed by atoms with Gasteiger partial charge in [0.05, 0.1) is 6.42 Å². The van der Waals surface area contributed by atoms with Crippen LogP contribution >= 0.6 is 0 Å². The Hall–Kier alpha value is -1.89. The third-order valence-corrected chi connectivity index (χ3v) is 3.63. The van der Waals surface area contributed by atoms with Crippen molar-refractivity contribution in [1.29, 1.82) is 0 Å². The largest absolute Gasteiger partial charge is 0.481 e. The quantitative estimate of drug-likeness (QED) is 0.712. The topological polar surface area (TPSA) is 95.5 Å². The highest BCUT2D eigenvalue weighted by Crippen LogP contribution is 2.15. The first kappa shape index (κ1) is 17.2. The number of amides is 2. The second kappa shape index (κ2) is 8.41. The number of urea groups is 1. The fourth-order valence-electron chi connectivity index (χ4n) is 1.76. The fraction of sp³-hybridized carbons (Fsp3) is 0.429. The number of aliphatic carboxylic acids is 1. The Kier molecular flexibility index (Phi) is 6.87. The lowest BCUT2D eigenvalue weighted by Crippen LogP contribution is -2.37. The lowest BCUT2D eigenvalue weighted by molar-refractivity contribution is -0.136. The van der Waals surface area contributed by atoms with Crippen molar-refractivity contribution in [2.75, 3.05) is 17.3 Å². The molecule has 7 heteroatoms. The average Bonchev–Trinajstić information content (AvgIpc) is 2.38. The standard InChI is InChI=1S/C14H20N2O4S/c1-10(7-8-21(2)20)15-14(19)16-12-6-4-3-5-11(12)9-13(17)18/h3-6,10H,7-9H2,1-2H3,(H,17,18)(H2,15,16,19). The Morgan fingerprint density at radius 2 is 2.00 bits per heavy atom. The van der Waals surface area contributed by atoms with Crippen molar-refractivity contribution < 1.29 is 18.9 Å². The molecule has 0 aliphatic rings. The number of benzene rings is 1. The van der Waals surface area contributed by atoms with Crippen LogP contribution in [0.15, 0.2) is 24.3 Å². The summed E-state index contributed by atoms with van der Waals surface area (Å²) in [6.45, 7) is 1.83. The van der Waals surface area contributed by atoms with E-state index < -0.39 is 22.8 Å². The molecular weight excluding hydrogens is 292 g/mol. The molecule has 0 radical (unpaired) electrons. The number of anilines is 1. The van der Waals surface area contributed by atoms with Gasteiger partial charge in [0, 0.05) is 34.5 Å². The molecular formula is C14H20N2O4S. The maximum atomic E-state index is 11.9. The number of carbonyl (C=O) groups excluding carboxylic acids is 1. The molecule has 6 nitrogen and oxygen atoms in total. The summed E-state index contributed by atoms with van der Waals surface area (Å²) in [5.74, 6) is -0.430. The first-order valence-corrected chi connectivity index (χ1v) is 8.28. The maximum Gasteiger partial charge on any atom is 0.319 e. The zero-order valence-corrected chi connectivity index (χ0v) is 12.9. The minimum Gasteiger partial charge on any atom is -0.481 e. The predicted octanol–water partition coefficient (Wildman–Crippen LogP) is 1.59. The summed E-state index contributed by atoms with van der Waals surface area (Å²) < 4.78 is 11.0. The first-order chi connectivity index (χ1) is 9.88. The summed E-state index contributed by atoms with van der Waals surface area (Å²) >= 11 is 0. The first-order valence-electron chi connectivity index (χ1n) is 6.55. The van der Waals surface area contributed by atoms with E-state index in [4.69, 9.17) is 5.11 Å². The molecule has 0 aliphatic carbocycles. The Balaban J connectivity index is 2.58. The van der Waals surface area contributed by atoms with Crippen LogP contribution in [0.2, 0.25) is 0 Å². The van der Waals surface area contributed by atoms with E-state index in [0.29, 0.717) is 23.4 Å². The number of carboxylic acids is 1. The van der Waals surface area contributed by atoms with Crippen LogP contribution in [0.3, 0.4) is 0 Å². The highest BCUT2D eigenvalue weighted by Gasteiger charge is 2.11. The van der Waals surface area contributed by atoms with Crippen molar-refractivity contribution in [1.82, 2.24) is 5.32 Å². The lowest BCUT2D eigenvalue weighted by Gasteiger charge is -2.15. The Labute approximate surface area is 126 Å². The summed E-state index contributed by atoms with van der Waals surface area (Å²) in [4.78, 5) is 22.6. The van der Waals surface area contributed by atoms with Gasteiger partial charge < -0.3 is 15.7 Å². The van der Waals surface area contributed by atoms with Gasteiger partial charge in [-0.3, -0.25) is 9.00 Å². The van der Waals surface area contributed by atoms with Crippen LogP contribution in [0.4, 0.5) is 10.5 Å². The van der Waals surface area contributed by atoms with E-state index in [0.717, 1.165) is 0 Å². The minimum absolute atomic E-state index is 0.111. The normalized spacial score (nSPS) is 13.2. The second-order valence-electron chi connectivity index (χ2n) is 4.79. The van der Waals surface area contributed by atoms with Crippen molar-refractivity contribution in [3.8, 4) is 0 Å². The van der Waals surface area contributed by atoms with E-state index >= 15 is 0 Å². The third kappa shape index (κ3) is 6.89. The van der Waals surface area contributed by atoms with E-state index in [1.54, 1.807) is 30.5 Å². The zero-order chi connectivity index (χ0) is 15.8. The van der Waals surface area contributed by atoms with Crippen molar-refractivity contribution in [3.63, 3.8) is 0 Å². The van der Waals surface area contributed by atoms with Gasteiger partial charge in [-0.2, -0.15) is 0 Å². The van der Waals surface area contributed by atoms with Crippen molar-refractivity contribution in [2.45, 2.75) is 25.8 Å². The van der Waals surface area contributed by atoms with Gasteiger partial charge >= 0.3 is 12.0 Å².